The maximum absolute atomic E-state index is 11.5. The molecule has 1 N–H and O–H groups in total. The molecule has 0 atom stereocenters. The SMILES string of the molecule is CC(C)C(=O)NS(=O)(=O)N1CCCC1. The summed E-state index contributed by atoms with van der Waals surface area (Å²) in [7, 11) is -3.57. The van der Waals surface area contributed by atoms with Crippen molar-refractivity contribution in [1.29, 1.82) is 0 Å². The van der Waals surface area contributed by atoms with E-state index in [9.17, 15) is 13.2 Å². The van der Waals surface area contributed by atoms with Crippen LogP contribution in [0.2, 0.25) is 0 Å². The third-order valence-electron chi connectivity index (χ3n) is 2.16. The predicted molar refractivity (Wildman–Crippen MR) is 52.7 cm³/mol. The van der Waals surface area contributed by atoms with E-state index in [1.165, 1.54) is 4.31 Å². The lowest BCUT2D eigenvalue weighted by Gasteiger charge is -2.16. The summed E-state index contributed by atoms with van der Waals surface area (Å²) >= 11 is 0. The van der Waals surface area contributed by atoms with E-state index in [-0.39, 0.29) is 5.92 Å². The highest BCUT2D eigenvalue weighted by Crippen LogP contribution is 2.11. The van der Waals surface area contributed by atoms with Gasteiger partial charge in [-0.15, -0.1) is 0 Å². The fourth-order valence-electron chi connectivity index (χ4n) is 1.24. The first kappa shape index (κ1) is 11.5. The molecule has 1 fully saturated rings. The highest BCUT2D eigenvalue weighted by Gasteiger charge is 2.27. The maximum atomic E-state index is 11.5. The molecule has 14 heavy (non-hydrogen) atoms. The second-order valence-electron chi connectivity index (χ2n) is 3.73. The number of rotatable bonds is 3. The molecule has 82 valence electrons. The Morgan fingerprint density at radius 1 is 1.29 bits per heavy atom. The second-order valence-corrected chi connectivity index (χ2v) is 5.40. The van der Waals surface area contributed by atoms with Crippen LogP contribution in [-0.4, -0.2) is 31.7 Å². The normalized spacial score (nSPS) is 18.8. The number of carbonyl (C=O) groups excluding carboxylic acids is 1. The van der Waals surface area contributed by atoms with Gasteiger partial charge in [-0.25, -0.2) is 4.72 Å². The molecule has 0 aliphatic carbocycles. The molecular formula is C8H16N2O3S. The minimum atomic E-state index is -3.57. The zero-order valence-corrected chi connectivity index (χ0v) is 9.30. The number of nitrogens with zero attached hydrogens (tertiary/aromatic N) is 1. The summed E-state index contributed by atoms with van der Waals surface area (Å²) in [6.07, 6.45) is 1.74. The smallest absolute Gasteiger partial charge is 0.274 e. The lowest BCUT2D eigenvalue weighted by atomic mass is 10.2. The van der Waals surface area contributed by atoms with Crippen LogP contribution in [0.4, 0.5) is 0 Å². The Labute approximate surface area is 84.7 Å². The van der Waals surface area contributed by atoms with Crippen LogP contribution < -0.4 is 4.72 Å². The molecule has 6 heteroatoms. The van der Waals surface area contributed by atoms with Gasteiger partial charge in [-0.05, 0) is 12.8 Å². The van der Waals surface area contributed by atoms with Crippen molar-refractivity contribution in [2.45, 2.75) is 26.7 Å². The minimum Gasteiger partial charge on any atom is -0.274 e. The first-order valence-electron chi connectivity index (χ1n) is 4.75. The van der Waals surface area contributed by atoms with E-state index in [0.717, 1.165) is 12.8 Å². The van der Waals surface area contributed by atoms with Gasteiger partial charge in [-0.2, -0.15) is 12.7 Å². The molecule has 0 aromatic rings. The van der Waals surface area contributed by atoms with Crippen LogP contribution in [0.25, 0.3) is 0 Å². The van der Waals surface area contributed by atoms with Crippen molar-refractivity contribution in [1.82, 2.24) is 9.03 Å². The number of hydrogen-bond acceptors (Lipinski definition) is 3. The fraction of sp³-hybridized carbons (Fsp3) is 0.875. The van der Waals surface area contributed by atoms with Crippen LogP contribution in [0.3, 0.4) is 0 Å². The van der Waals surface area contributed by atoms with Crippen LogP contribution >= 0.6 is 0 Å². The van der Waals surface area contributed by atoms with E-state index in [1.54, 1.807) is 13.8 Å². The van der Waals surface area contributed by atoms with Crippen molar-refractivity contribution in [3.63, 3.8) is 0 Å². The Morgan fingerprint density at radius 3 is 2.21 bits per heavy atom. The lowest BCUT2D eigenvalue weighted by molar-refractivity contribution is -0.122. The monoisotopic (exact) mass is 220 g/mol. The molecule has 1 saturated heterocycles. The average Bonchev–Trinajstić information content (AvgIpc) is 2.54. The molecule has 0 spiro atoms. The van der Waals surface area contributed by atoms with Gasteiger partial charge in [0.2, 0.25) is 5.91 Å². The topological polar surface area (TPSA) is 66.5 Å². The molecule has 0 aromatic carbocycles. The molecule has 1 heterocycles. The van der Waals surface area contributed by atoms with Crippen LogP contribution in [-0.2, 0) is 15.0 Å². The van der Waals surface area contributed by atoms with Gasteiger partial charge in [0, 0.05) is 19.0 Å². The van der Waals surface area contributed by atoms with Gasteiger partial charge in [0.15, 0.2) is 0 Å². The summed E-state index contributed by atoms with van der Waals surface area (Å²) in [4.78, 5) is 11.2. The molecule has 5 nitrogen and oxygen atoms in total. The van der Waals surface area contributed by atoms with Gasteiger partial charge >= 0.3 is 10.2 Å². The van der Waals surface area contributed by atoms with Gasteiger partial charge in [-0.3, -0.25) is 4.79 Å². The number of carbonyl (C=O) groups is 1. The van der Waals surface area contributed by atoms with Crippen molar-refractivity contribution in [3.8, 4) is 0 Å². The van der Waals surface area contributed by atoms with Gasteiger partial charge in [0.05, 0.1) is 0 Å². The quantitative estimate of drug-likeness (QED) is 0.733. The van der Waals surface area contributed by atoms with E-state index in [4.69, 9.17) is 0 Å². The summed E-state index contributed by atoms with van der Waals surface area (Å²) < 4.78 is 26.5. The molecular weight excluding hydrogens is 204 g/mol. The largest absolute Gasteiger partial charge is 0.303 e. The Balaban J connectivity index is 2.62. The first-order valence-corrected chi connectivity index (χ1v) is 6.19. The van der Waals surface area contributed by atoms with Crippen LogP contribution in [0.15, 0.2) is 0 Å². The molecule has 1 rings (SSSR count). The van der Waals surface area contributed by atoms with Gasteiger partial charge in [0.25, 0.3) is 0 Å². The van der Waals surface area contributed by atoms with Crippen molar-refractivity contribution in [2.75, 3.05) is 13.1 Å². The zero-order chi connectivity index (χ0) is 10.8. The second kappa shape index (κ2) is 4.27. The van der Waals surface area contributed by atoms with Crippen LogP contribution in [0, 0.1) is 5.92 Å². The average molecular weight is 220 g/mol. The zero-order valence-electron chi connectivity index (χ0n) is 8.49. The summed E-state index contributed by atoms with van der Waals surface area (Å²) in [5.74, 6) is -0.760. The van der Waals surface area contributed by atoms with Crippen molar-refractivity contribution in [2.24, 2.45) is 5.92 Å². The number of nitrogens with one attached hydrogen (secondary N) is 1. The standard InChI is InChI=1S/C8H16N2O3S/c1-7(2)8(11)9-14(12,13)10-5-3-4-6-10/h7H,3-6H2,1-2H3,(H,9,11). The fourth-order valence-corrected chi connectivity index (χ4v) is 2.60. The van der Waals surface area contributed by atoms with Crippen molar-refractivity contribution < 1.29 is 13.2 Å². The summed E-state index contributed by atoms with van der Waals surface area (Å²) in [5, 5.41) is 0. The summed E-state index contributed by atoms with van der Waals surface area (Å²) in [6, 6.07) is 0. The lowest BCUT2D eigenvalue weighted by Crippen LogP contribution is -2.43. The molecule has 1 amide bonds. The Morgan fingerprint density at radius 2 is 1.79 bits per heavy atom. The highest BCUT2D eigenvalue weighted by atomic mass is 32.2. The Hall–Kier alpha value is -0.620. The maximum Gasteiger partial charge on any atom is 0.303 e. The molecule has 1 aliphatic rings. The molecule has 0 aromatic heterocycles. The first-order chi connectivity index (χ1) is 6.43. The summed E-state index contributed by atoms with van der Waals surface area (Å²) in [6.45, 7) is 4.35. The predicted octanol–water partition coefficient (Wildman–Crippen LogP) is 0.0992. The van der Waals surface area contributed by atoms with Gasteiger partial charge in [-0.1, -0.05) is 13.8 Å². The Bertz CT molecular complexity index is 305. The van der Waals surface area contributed by atoms with E-state index >= 15 is 0 Å². The highest BCUT2D eigenvalue weighted by molar-refractivity contribution is 7.87. The van der Waals surface area contributed by atoms with E-state index in [0.29, 0.717) is 13.1 Å². The third kappa shape index (κ3) is 2.68. The van der Waals surface area contributed by atoms with Gasteiger partial charge in [0.1, 0.15) is 0 Å². The Kier molecular flexibility index (Phi) is 3.49. The van der Waals surface area contributed by atoms with Crippen molar-refractivity contribution in [3.05, 3.63) is 0 Å². The minimum absolute atomic E-state index is 0.313. The van der Waals surface area contributed by atoms with Crippen LogP contribution in [0.5, 0.6) is 0 Å². The number of hydrogen-bond donors (Lipinski definition) is 1. The van der Waals surface area contributed by atoms with E-state index < -0.39 is 16.1 Å². The van der Waals surface area contributed by atoms with E-state index in [1.807, 2.05) is 0 Å². The number of amides is 1. The van der Waals surface area contributed by atoms with Crippen LogP contribution in [0.1, 0.15) is 26.7 Å². The molecule has 0 radical (unpaired) electrons. The molecule has 0 unspecified atom stereocenters. The molecule has 1 aliphatic heterocycles. The summed E-state index contributed by atoms with van der Waals surface area (Å²) in [5.41, 5.74) is 0. The molecule has 0 bridgehead atoms. The molecule has 0 saturated carbocycles. The third-order valence-corrected chi connectivity index (χ3v) is 3.66. The van der Waals surface area contributed by atoms with Gasteiger partial charge < -0.3 is 0 Å². The van der Waals surface area contributed by atoms with E-state index in [2.05, 4.69) is 4.72 Å². The van der Waals surface area contributed by atoms with Crippen molar-refractivity contribution >= 4 is 16.1 Å².